The van der Waals surface area contributed by atoms with Crippen molar-refractivity contribution in [2.75, 3.05) is 23.8 Å². The number of nitrogens with one attached hydrogen (secondary N) is 3. The number of rotatable bonds is 10. The number of hydrogen-bond donors (Lipinski definition) is 3. The van der Waals surface area contributed by atoms with Crippen LogP contribution in [-0.2, 0) is 9.59 Å². The predicted molar refractivity (Wildman–Crippen MR) is 167 cm³/mol. The van der Waals surface area contributed by atoms with Gasteiger partial charge in [0.25, 0.3) is 11.8 Å². The Morgan fingerprint density at radius 2 is 1.69 bits per heavy atom. The van der Waals surface area contributed by atoms with E-state index >= 15 is 0 Å². The van der Waals surface area contributed by atoms with E-state index in [1.54, 1.807) is 54.6 Å². The average Bonchev–Trinajstić information content (AvgIpc) is 3.53. The Morgan fingerprint density at radius 1 is 0.905 bits per heavy atom. The summed E-state index contributed by atoms with van der Waals surface area (Å²) in [5.41, 5.74) is 2.53. The van der Waals surface area contributed by atoms with Crippen molar-refractivity contribution in [2.45, 2.75) is 23.5 Å². The first-order valence-electron chi connectivity index (χ1n) is 13.4. The maximum atomic E-state index is 13.3. The number of amides is 3. The Hall–Kier alpha value is -4.54. The third-order valence-corrected chi connectivity index (χ3v) is 8.29. The molecular weight excluding hydrogens is 571 g/mol. The van der Waals surface area contributed by atoms with Gasteiger partial charge in [0.15, 0.2) is 11.5 Å². The van der Waals surface area contributed by atoms with Gasteiger partial charge in [0, 0.05) is 27.9 Å². The highest BCUT2D eigenvalue weighted by molar-refractivity contribution is 8.00. The summed E-state index contributed by atoms with van der Waals surface area (Å²) in [6.45, 7) is 2.92. The van der Waals surface area contributed by atoms with Gasteiger partial charge < -0.3 is 25.4 Å². The highest BCUT2D eigenvalue weighted by Gasteiger charge is 2.21. The summed E-state index contributed by atoms with van der Waals surface area (Å²) in [5.74, 6) is 0.281. The normalized spacial score (nSPS) is 13.1. The monoisotopic (exact) mass is 599 g/mol. The van der Waals surface area contributed by atoms with Crippen molar-refractivity contribution in [3.05, 3.63) is 106 Å². The molecule has 0 spiro atoms. The van der Waals surface area contributed by atoms with Gasteiger partial charge in [-0.1, -0.05) is 31.2 Å². The second kappa shape index (κ2) is 13.9. The van der Waals surface area contributed by atoms with Gasteiger partial charge in [-0.2, -0.15) is 11.3 Å². The standard InChI is InChI=1S/C32H29N3O5S2/c1-2-29(32(38)34-24-11-12-27-28(19-24)40-15-14-39-27)42-25-10-6-9-23(18-25)33-31(37)26(17-21-13-16-41-20-21)35-30(36)22-7-4-3-5-8-22/h3-13,16-20,29H,2,14-15H2,1H3,(H,33,37)(H,34,38)(H,35,36)/b26-17-. The van der Waals surface area contributed by atoms with Crippen LogP contribution in [0.25, 0.3) is 6.08 Å². The van der Waals surface area contributed by atoms with Crippen molar-refractivity contribution in [1.29, 1.82) is 0 Å². The Labute approximate surface area is 252 Å². The molecule has 0 bridgehead atoms. The van der Waals surface area contributed by atoms with Crippen molar-refractivity contribution < 1.29 is 23.9 Å². The minimum atomic E-state index is -0.462. The molecule has 0 saturated carbocycles. The Kier molecular flexibility index (Phi) is 9.58. The van der Waals surface area contributed by atoms with Gasteiger partial charge in [-0.05, 0) is 77.4 Å². The molecule has 1 aliphatic heterocycles. The number of thiophene rings is 1. The Morgan fingerprint density at radius 3 is 2.45 bits per heavy atom. The lowest BCUT2D eigenvalue weighted by atomic mass is 10.2. The molecule has 2 heterocycles. The van der Waals surface area contributed by atoms with E-state index in [1.165, 1.54) is 23.1 Å². The second-order valence-corrected chi connectivity index (χ2v) is 11.3. The molecular formula is C32H29N3O5S2. The first-order chi connectivity index (χ1) is 20.5. The lowest BCUT2D eigenvalue weighted by Gasteiger charge is -2.20. The van der Waals surface area contributed by atoms with Gasteiger partial charge in [-0.15, -0.1) is 11.8 Å². The van der Waals surface area contributed by atoms with Crippen LogP contribution in [0.1, 0.15) is 29.3 Å². The van der Waals surface area contributed by atoms with Crippen molar-refractivity contribution in [3.63, 3.8) is 0 Å². The predicted octanol–water partition coefficient (Wildman–Crippen LogP) is 6.44. The van der Waals surface area contributed by atoms with E-state index in [2.05, 4.69) is 16.0 Å². The molecule has 0 fully saturated rings. The van der Waals surface area contributed by atoms with Crippen molar-refractivity contribution >= 4 is 58.3 Å². The maximum absolute atomic E-state index is 13.3. The van der Waals surface area contributed by atoms with E-state index in [1.807, 2.05) is 48.0 Å². The molecule has 3 N–H and O–H groups in total. The van der Waals surface area contributed by atoms with E-state index in [0.717, 1.165) is 10.5 Å². The highest BCUT2D eigenvalue weighted by atomic mass is 32.2. The van der Waals surface area contributed by atoms with Crippen LogP contribution in [-0.4, -0.2) is 36.2 Å². The minimum absolute atomic E-state index is 0.116. The van der Waals surface area contributed by atoms with Gasteiger partial charge in [0.2, 0.25) is 5.91 Å². The lowest BCUT2D eigenvalue weighted by Crippen LogP contribution is -2.30. The summed E-state index contributed by atoms with van der Waals surface area (Å²) in [4.78, 5) is 40.1. The fourth-order valence-electron chi connectivity index (χ4n) is 4.14. The molecule has 214 valence electrons. The molecule has 0 radical (unpaired) electrons. The van der Waals surface area contributed by atoms with Crippen LogP contribution in [0.15, 0.2) is 100 Å². The number of thioether (sulfide) groups is 1. The number of carbonyl (C=O) groups is 3. The average molecular weight is 600 g/mol. The molecule has 1 unspecified atom stereocenters. The number of benzene rings is 3. The van der Waals surface area contributed by atoms with Gasteiger partial charge in [0.05, 0.1) is 5.25 Å². The summed E-state index contributed by atoms with van der Waals surface area (Å²) in [6, 6.07) is 23.2. The topological polar surface area (TPSA) is 106 Å². The zero-order valence-electron chi connectivity index (χ0n) is 22.8. The molecule has 1 aromatic heterocycles. The maximum Gasteiger partial charge on any atom is 0.272 e. The third kappa shape index (κ3) is 7.59. The van der Waals surface area contributed by atoms with Crippen LogP contribution in [0.4, 0.5) is 11.4 Å². The first kappa shape index (κ1) is 29.0. The molecule has 1 aliphatic rings. The molecule has 10 heteroatoms. The van der Waals surface area contributed by atoms with Gasteiger partial charge in [-0.3, -0.25) is 14.4 Å². The fraction of sp³-hybridized carbons (Fsp3) is 0.156. The molecule has 0 saturated heterocycles. The zero-order chi connectivity index (χ0) is 29.3. The lowest BCUT2D eigenvalue weighted by molar-refractivity contribution is -0.116. The van der Waals surface area contributed by atoms with Crippen LogP contribution in [0.2, 0.25) is 0 Å². The van der Waals surface area contributed by atoms with E-state index in [0.29, 0.717) is 48.1 Å². The van der Waals surface area contributed by atoms with Crippen molar-refractivity contribution in [1.82, 2.24) is 5.32 Å². The highest BCUT2D eigenvalue weighted by Crippen LogP contribution is 2.34. The van der Waals surface area contributed by atoms with E-state index < -0.39 is 5.91 Å². The summed E-state index contributed by atoms with van der Waals surface area (Å²) in [6.07, 6.45) is 2.23. The molecule has 5 rings (SSSR count). The summed E-state index contributed by atoms with van der Waals surface area (Å²) in [7, 11) is 0. The summed E-state index contributed by atoms with van der Waals surface area (Å²) >= 11 is 2.90. The number of hydrogen-bond acceptors (Lipinski definition) is 7. The second-order valence-electron chi connectivity index (χ2n) is 9.28. The number of carbonyl (C=O) groups excluding carboxylic acids is 3. The quantitative estimate of drug-likeness (QED) is 0.143. The van der Waals surface area contributed by atoms with E-state index in [9.17, 15) is 14.4 Å². The number of ether oxygens (including phenoxy) is 2. The zero-order valence-corrected chi connectivity index (χ0v) is 24.4. The molecule has 4 aromatic rings. The Bertz CT molecular complexity index is 1590. The molecule has 0 aliphatic carbocycles. The summed E-state index contributed by atoms with van der Waals surface area (Å²) in [5, 5.41) is 12.0. The molecule has 3 aromatic carbocycles. The molecule has 1 atom stereocenters. The molecule has 8 nitrogen and oxygen atoms in total. The van der Waals surface area contributed by atoms with Crippen LogP contribution in [0, 0.1) is 0 Å². The van der Waals surface area contributed by atoms with E-state index in [4.69, 9.17) is 9.47 Å². The third-order valence-electron chi connectivity index (χ3n) is 6.23. The van der Waals surface area contributed by atoms with Crippen LogP contribution >= 0.6 is 23.1 Å². The first-order valence-corrected chi connectivity index (χ1v) is 15.2. The van der Waals surface area contributed by atoms with Crippen LogP contribution in [0.3, 0.4) is 0 Å². The SMILES string of the molecule is CCC(Sc1cccc(NC(=O)/C(=C/c2ccsc2)NC(=O)c2ccccc2)c1)C(=O)Nc1ccc2c(c1)OCCO2. The Balaban J connectivity index is 1.26. The number of anilines is 2. The van der Waals surface area contributed by atoms with Gasteiger partial charge in [-0.25, -0.2) is 0 Å². The summed E-state index contributed by atoms with van der Waals surface area (Å²) < 4.78 is 11.2. The minimum Gasteiger partial charge on any atom is -0.486 e. The van der Waals surface area contributed by atoms with Crippen molar-refractivity contribution in [2.24, 2.45) is 0 Å². The number of fused-ring (bicyclic) bond motifs is 1. The molecule has 3 amide bonds. The fourth-order valence-corrected chi connectivity index (χ4v) is 5.77. The van der Waals surface area contributed by atoms with Gasteiger partial charge >= 0.3 is 0 Å². The van der Waals surface area contributed by atoms with Gasteiger partial charge in [0.1, 0.15) is 18.9 Å². The van der Waals surface area contributed by atoms with E-state index in [-0.39, 0.29) is 22.8 Å². The van der Waals surface area contributed by atoms with Crippen LogP contribution < -0.4 is 25.4 Å². The van der Waals surface area contributed by atoms with Crippen molar-refractivity contribution in [3.8, 4) is 11.5 Å². The van der Waals surface area contributed by atoms with Crippen LogP contribution in [0.5, 0.6) is 11.5 Å². The molecule has 42 heavy (non-hydrogen) atoms. The largest absolute Gasteiger partial charge is 0.486 e. The smallest absolute Gasteiger partial charge is 0.272 e.